The maximum absolute atomic E-state index is 12.7. The molecule has 0 spiro atoms. The topological polar surface area (TPSA) is 52.1 Å². The number of para-hydroxylation sites is 1. The van der Waals surface area contributed by atoms with E-state index in [0.29, 0.717) is 31.9 Å². The molecule has 0 aliphatic rings. The van der Waals surface area contributed by atoms with E-state index in [4.69, 9.17) is 23.2 Å². The molecule has 2 aromatic carbocycles. The highest BCUT2D eigenvalue weighted by Crippen LogP contribution is 2.27. The Bertz CT molecular complexity index is 889. The summed E-state index contributed by atoms with van der Waals surface area (Å²) in [5, 5.41) is 1.25. The molecule has 7 heteroatoms. The average molecular weight is 380 g/mol. The van der Waals surface area contributed by atoms with Crippen LogP contribution >= 0.6 is 23.2 Å². The van der Waals surface area contributed by atoms with Gasteiger partial charge >= 0.3 is 0 Å². The summed E-state index contributed by atoms with van der Waals surface area (Å²) in [6.07, 6.45) is 1.53. The molecule has 1 unspecified atom stereocenters. The predicted molar refractivity (Wildman–Crippen MR) is 100 cm³/mol. The fourth-order valence-corrected chi connectivity index (χ4v) is 3.75. The summed E-state index contributed by atoms with van der Waals surface area (Å²) < 4.78 is 12.7. The Labute approximate surface area is 153 Å². The van der Waals surface area contributed by atoms with Crippen LogP contribution in [0.25, 0.3) is 11.0 Å². The zero-order chi connectivity index (χ0) is 17.3. The van der Waals surface area contributed by atoms with Crippen LogP contribution in [-0.2, 0) is 16.9 Å². The number of halogens is 2. The molecule has 1 aromatic heterocycles. The van der Waals surface area contributed by atoms with E-state index >= 15 is 0 Å². The van der Waals surface area contributed by atoms with E-state index in [9.17, 15) is 4.55 Å². The van der Waals surface area contributed by atoms with Gasteiger partial charge in [-0.2, -0.15) is 4.98 Å². The summed E-state index contributed by atoms with van der Waals surface area (Å²) in [7, 11) is 3.92. The van der Waals surface area contributed by atoms with Gasteiger partial charge in [0.05, 0.1) is 21.1 Å². The Hall–Kier alpha value is -1.53. The number of anilines is 1. The quantitative estimate of drug-likeness (QED) is 0.633. The summed E-state index contributed by atoms with van der Waals surface area (Å²) >= 11 is 10.7. The highest BCUT2D eigenvalue weighted by Gasteiger charge is 2.18. The van der Waals surface area contributed by atoms with Crippen molar-refractivity contribution in [3.05, 3.63) is 58.2 Å². The molecule has 3 aromatic rings. The first-order chi connectivity index (χ1) is 11.5. The smallest absolute Gasteiger partial charge is 0.263 e. The molecule has 0 aliphatic carbocycles. The molecule has 1 atom stereocenters. The van der Waals surface area contributed by atoms with Crippen molar-refractivity contribution in [2.24, 2.45) is 0 Å². The van der Waals surface area contributed by atoms with Gasteiger partial charge in [0, 0.05) is 36.5 Å². The number of fused-ring (bicyclic) bond motifs is 1. The molecule has 0 radical (unpaired) electrons. The zero-order valence-corrected chi connectivity index (χ0v) is 15.5. The van der Waals surface area contributed by atoms with Gasteiger partial charge in [0.25, 0.3) is 5.03 Å². The summed E-state index contributed by atoms with van der Waals surface area (Å²) in [5.41, 5.74) is 3.24. The summed E-state index contributed by atoms with van der Waals surface area (Å²) in [4.78, 5) is 10.7. The first-order valence-electron chi connectivity index (χ1n) is 7.21. The van der Waals surface area contributed by atoms with E-state index in [2.05, 4.69) is 9.97 Å². The molecule has 124 valence electrons. The van der Waals surface area contributed by atoms with Gasteiger partial charge in [0.15, 0.2) is 0 Å². The second kappa shape index (κ2) is 7.15. The molecule has 24 heavy (non-hydrogen) atoms. The number of rotatable bonds is 4. The van der Waals surface area contributed by atoms with E-state index in [1.54, 1.807) is 12.1 Å². The molecule has 4 nitrogen and oxygen atoms in total. The van der Waals surface area contributed by atoms with Gasteiger partial charge in [-0.1, -0.05) is 41.4 Å². The van der Waals surface area contributed by atoms with Crippen molar-refractivity contribution in [3.63, 3.8) is 0 Å². The number of benzene rings is 2. The molecule has 1 heterocycles. The third-order valence-corrected chi connectivity index (χ3v) is 5.51. The van der Waals surface area contributed by atoms with Gasteiger partial charge in [0.2, 0.25) is 0 Å². The zero-order valence-electron chi connectivity index (χ0n) is 13.2. The molecule has 0 N–H and O–H groups in total. The largest absolute Gasteiger partial charge is 0.610 e. The van der Waals surface area contributed by atoms with Crippen molar-refractivity contribution in [2.75, 3.05) is 19.0 Å². The predicted octanol–water partition coefficient (Wildman–Crippen LogP) is 4.31. The number of nitrogens with zero attached hydrogens (tertiary/aromatic N) is 3. The van der Waals surface area contributed by atoms with Crippen molar-refractivity contribution in [3.8, 4) is 0 Å². The molecule has 0 aliphatic heterocycles. The van der Waals surface area contributed by atoms with Crippen LogP contribution in [0.2, 0.25) is 10.0 Å². The standard InChI is InChI=1S/C17H15Cl2N3OS/c1-22(2)16-6-4-3-5-11(16)10-24(23)17-9-20-14-7-12(18)13(19)8-15(14)21-17/h3-9H,10H2,1-2H3. The van der Waals surface area contributed by atoms with Crippen LogP contribution in [0.15, 0.2) is 47.6 Å². The number of hydrogen-bond acceptors (Lipinski definition) is 4. The lowest BCUT2D eigenvalue weighted by Crippen LogP contribution is -2.14. The molecule has 3 rings (SSSR count). The minimum absolute atomic E-state index is 0.371. The summed E-state index contributed by atoms with van der Waals surface area (Å²) in [6.45, 7) is 0. The van der Waals surface area contributed by atoms with Gasteiger partial charge in [-0.3, -0.25) is 0 Å². The third-order valence-electron chi connectivity index (χ3n) is 3.56. The van der Waals surface area contributed by atoms with Crippen molar-refractivity contribution in [1.82, 2.24) is 9.97 Å². The molecule has 0 saturated heterocycles. The minimum atomic E-state index is -1.31. The van der Waals surface area contributed by atoms with E-state index in [0.717, 1.165) is 11.3 Å². The third kappa shape index (κ3) is 3.59. The van der Waals surface area contributed by atoms with Crippen LogP contribution in [0.3, 0.4) is 0 Å². The molecular weight excluding hydrogens is 365 g/mol. The van der Waals surface area contributed by atoms with Crippen LogP contribution in [0.1, 0.15) is 5.56 Å². The fourth-order valence-electron chi connectivity index (χ4n) is 2.39. The second-order valence-corrected chi connectivity index (χ2v) is 7.69. The lowest BCUT2D eigenvalue weighted by Gasteiger charge is -2.18. The first-order valence-corrected chi connectivity index (χ1v) is 9.28. The Morgan fingerprint density at radius 3 is 2.46 bits per heavy atom. The van der Waals surface area contributed by atoms with Crippen molar-refractivity contribution < 1.29 is 4.55 Å². The van der Waals surface area contributed by atoms with Crippen molar-refractivity contribution in [1.29, 1.82) is 0 Å². The van der Waals surface area contributed by atoms with Crippen LogP contribution in [0, 0.1) is 0 Å². The van der Waals surface area contributed by atoms with Crippen LogP contribution < -0.4 is 4.90 Å². The summed E-state index contributed by atoms with van der Waals surface area (Å²) in [6, 6.07) is 11.2. The summed E-state index contributed by atoms with van der Waals surface area (Å²) in [5.74, 6) is 0.371. The lowest BCUT2D eigenvalue weighted by molar-refractivity contribution is 0.590. The van der Waals surface area contributed by atoms with E-state index < -0.39 is 11.2 Å². The van der Waals surface area contributed by atoms with Gasteiger partial charge in [-0.25, -0.2) is 4.98 Å². The highest BCUT2D eigenvalue weighted by atomic mass is 35.5. The molecule has 0 saturated carbocycles. The first kappa shape index (κ1) is 17.3. The lowest BCUT2D eigenvalue weighted by atomic mass is 10.2. The fraction of sp³-hybridized carbons (Fsp3) is 0.176. The van der Waals surface area contributed by atoms with E-state index in [1.165, 1.54) is 6.20 Å². The van der Waals surface area contributed by atoms with E-state index in [-0.39, 0.29) is 0 Å². The van der Waals surface area contributed by atoms with Gasteiger partial charge < -0.3 is 9.45 Å². The SMILES string of the molecule is CN(C)c1ccccc1C[S+]([O-])c1cnc2cc(Cl)c(Cl)cc2n1. The second-order valence-electron chi connectivity index (χ2n) is 5.48. The van der Waals surface area contributed by atoms with Gasteiger partial charge in [0.1, 0.15) is 11.9 Å². The van der Waals surface area contributed by atoms with Crippen molar-refractivity contribution in [2.45, 2.75) is 10.8 Å². The van der Waals surface area contributed by atoms with Gasteiger partial charge in [-0.05, 0) is 18.2 Å². The molecule has 0 amide bonds. The van der Waals surface area contributed by atoms with Crippen LogP contribution in [0.4, 0.5) is 5.69 Å². The molecule has 0 bridgehead atoms. The molecular formula is C17H15Cl2N3OS. The average Bonchev–Trinajstić information content (AvgIpc) is 2.55. The molecule has 0 fully saturated rings. The minimum Gasteiger partial charge on any atom is -0.610 e. The maximum atomic E-state index is 12.7. The van der Waals surface area contributed by atoms with Crippen LogP contribution in [-0.4, -0.2) is 28.6 Å². The van der Waals surface area contributed by atoms with Crippen molar-refractivity contribution >= 4 is 51.1 Å². The number of hydrogen-bond donors (Lipinski definition) is 0. The van der Waals surface area contributed by atoms with Gasteiger partial charge in [-0.15, -0.1) is 0 Å². The van der Waals surface area contributed by atoms with E-state index in [1.807, 2.05) is 43.3 Å². The highest BCUT2D eigenvalue weighted by molar-refractivity contribution is 7.90. The maximum Gasteiger partial charge on any atom is 0.263 e. The number of aromatic nitrogens is 2. The Morgan fingerprint density at radius 1 is 1.08 bits per heavy atom. The Balaban J connectivity index is 1.92. The monoisotopic (exact) mass is 379 g/mol. The Kier molecular flexibility index (Phi) is 5.15. The Morgan fingerprint density at radius 2 is 1.75 bits per heavy atom. The normalized spacial score (nSPS) is 12.4. The van der Waals surface area contributed by atoms with Crippen LogP contribution in [0.5, 0.6) is 0 Å².